The number of carbonyl (C=O) groups excluding carboxylic acids is 1. The third-order valence-corrected chi connectivity index (χ3v) is 3.30. The SMILES string of the molecule is CC1(C[N+]2(C)CCCC2)COC(=O)N1.[Cl-]. The van der Waals surface area contributed by atoms with E-state index < -0.39 is 0 Å². The second-order valence-corrected chi connectivity index (χ2v) is 5.19. The molecule has 2 fully saturated rings. The van der Waals surface area contributed by atoms with Gasteiger partial charge < -0.3 is 26.9 Å². The number of nitrogens with one attached hydrogen (secondary N) is 1. The fraction of sp³-hybridized carbons (Fsp3) is 0.900. The summed E-state index contributed by atoms with van der Waals surface area (Å²) < 4.78 is 6.03. The average molecular weight is 235 g/mol. The Bertz CT molecular complexity index is 254. The summed E-state index contributed by atoms with van der Waals surface area (Å²) in [4.78, 5) is 11.0. The van der Waals surface area contributed by atoms with E-state index in [0.29, 0.717) is 6.61 Å². The Labute approximate surface area is 97.0 Å². The fourth-order valence-electron chi connectivity index (χ4n) is 2.73. The first-order valence-electron chi connectivity index (χ1n) is 5.30. The molecule has 2 aliphatic heterocycles. The zero-order chi connectivity index (χ0) is 10.2. The van der Waals surface area contributed by atoms with Gasteiger partial charge in [-0.25, -0.2) is 4.79 Å². The van der Waals surface area contributed by atoms with Crippen molar-refractivity contribution in [3.63, 3.8) is 0 Å². The first-order valence-corrected chi connectivity index (χ1v) is 5.30. The van der Waals surface area contributed by atoms with E-state index in [4.69, 9.17) is 4.74 Å². The molecule has 0 aliphatic carbocycles. The third-order valence-electron chi connectivity index (χ3n) is 3.30. The van der Waals surface area contributed by atoms with E-state index in [1.165, 1.54) is 25.9 Å². The molecule has 0 spiro atoms. The zero-order valence-electron chi connectivity index (χ0n) is 9.38. The normalized spacial score (nSPS) is 33.1. The van der Waals surface area contributed by atoms with Crippen molar-refractivity contribution in [2.45, 2.75) is 25.3 Å². The Morgan fingerprint density at radius 2 is 2.07 bits per heavy atom. The number of amides is 1. The van der Waals surface area contributed by atoms with Crippen LogP contribution >= 0.6 is 0 Å². The van der Waals surface area contributed by atoms with E-state index in [1.54, 1.807) is 0 Å². The molecule has 5 heteroatoms. The van der Waals surface area contributed by atoms with Crippen LogP contribution in [-0.4, -0.2) is 49.4 Å². The minimum absolute atomic E-state index is 0. The van der Waals surface area contributed by atoms with Gasteiger partial charge in [0, 0.05) is 12.8 Å². The topological polar surface area (TPSA) is 38.3 Å². The summed E-state index contributed by atoms with van der Waals surface area (Å²) in [5.41, 5.74) is -0.157. The highest BCUT2D eigenvalue weighted by atomic mass is 35.5. The van der Waals surface area contributed by atoms with Gasteiger partial charge in [-0.05, 0) is 6.92 Å². The number of hydrogen-bond acceptors (Lipinski definition) is 2. The molecule has 2 aliphatic rings. The quantitative estimate of drug-likeness (QED) is 0.548. The lowest BCUT2D eigenvalue weighted by Gasteiger charge is -2.35. The highest BCUT2D eigenvalue weighted by Gasteiger charge is 2.43. The van der Waals surface area contributed by atoms with Crippen LogP contribution in [0.1, 0.15) is 19.8 Å². The Balaban J connectivity index is 0.00000112. The molecule has 1 atom stereocenters. The minimum atomic E-state index is -0.265. The zero-order valence-corrected chi connectivity index (χ0v) is 10.1. The lowest BCUT2D eigenvalue weighted by atomic mass is 10.0. The van der Waals surface area contributed by atoms with Gasteiger partial charge in [-0.2, -0.15) is 0 Å². The summed E-state index contributed by atoms with van der Waals surface area (Å²) in [6, 6.07) is 0. The molecule has 2 heterocycles. The molecule has 88 valence electrons. The van der Waals surface area contributed by atoms with Gasteiger partial charge in [0.25, 0.3) is 0 Å². The number of cyclic esters (lactones) is 1. The molecular weight excluding hydrogens is 216 g/mol. The second kappa shape index (κ2) is 4.18. The van der Waals surface area contributed by atoms with Gasteiger partial charge >= 0.3 is 6.09 Å². The van der Waals surface area contributed by atoms with Gasteiger partial charge in [0.1, 0.15) is 18.7 Å². The molecule has 4 nitrogen and oxygen atoms in total. The van der Waals surface area contributed by atoms with Crippen LogP contribution in [0.25, 0.3) is 0 Å². The summed E-state index contributed by atoms with van der Waals surface area (Å²) in [7, 11) is 2.27. The lowest BCUT2D eigenvalue weighted by molar-refractivity contribution is -0.901. The van der Waals surface area contributed by atoms with Crippen LogP contribution in [0.4, 0.5) is 4.79 Å². The third kappa shape index (κ3) is 2.75. The Morgan fingerprint density at radius 3 is 2.53 bits per heavy atom. The van der Waals surface area contributed by atoms with Gasteiger partial charge in [0.15, 0.2) is 0 Å². The average Bonchev–Trinajstić information content (AvgIpc) is 2.59. The highest BCUT2D eigenvalue weighted by Crippen LogP contribution is 2.23. The van der Waals surface area contributed by atoms with Crippen molar-refractivity contribution in [3.8, 4) is 0 Å². The van der Waals surface area contributed by atoms with Crippen molar-refractivity contribution in [1.82, 2.24) is 5.32 Å². The van der Waals surface area contributed by atoms with E-state index in [0.717, 1.165) is 11.0 Å². The number of likely N-dealkylation sites (tertiary alicyclic amines) is 1. The van der Waals surface area contributed by atoms with E-state index >= 15 is 0 Å². The molecule has 0 radical (unpaired) electrons. The molecule has 1 amide bonds. The molecule has 0 aromatic heterocycles. The number of nitrogens with zero attached hydrogens (tertiary/aromatic N) is 1. The summed E-state index contributed by atoms with van der Waals surface area (Å²) in [5, 5.41) is 2.91. The van der Waals surface area contributed by atoms with Crippen molar-refractivity contribution in [2.24, 2.45) is 0 Å². The van der Waals surface area contributed by atoms with Crippen molar-refractivity contribution in [1.29, 1.82) is 0 Å². The van der Waals surface area contributed by atoms with Crippen LogP contribution < -0.4 is 17.7 Å². The van der Waals surface area contributed by atoms with Crippen LogP contribution in [-0.2, 0) is 4.74 Å². The van der Waals surface area contributed by atoms with Gasteiger partial charge in [0.05, 0.1) is 20.1 Å². The highest BCUT2D eigenvalue weighted by molar-refractivity contribution is 5.70. The van der Waals surface area contributed by atoms with Crippen molar-refractivity contribution in [2.75, 3.05) is 33.3 Å². The monoisotopic (exact) mass is 234 g/mol. The van der Waals surface area contributed by atoms with Gasteiger partial charge in [0.2, 0.25) is 0 Å². The standard InChI is InChI=1S/C10H18N2O2.ClH/c1-10(8-14-9(13)11-10)7-12(2)5-3-4-6-12;/h3-8H2,1-2H3;1H. The maximum atomic E-state index is 11.0. The fourth-order valence-corrected chi connectivity index (χ4v) is 2.73. The molecule has 15 heavy (non-hydrogen) atoms. The molecule has 0 saturated carbocycles. The van der Waals surface area contributed by atoms with Crippen LogP contribution in [0.5, 0.6) is 0 Å². The van der Waals surface area contributed by atoms with E-state index in [2.05, 4.69) is 19.3 Å². The second-order valence-electron chi connectivity index (χ2n) is 5.19. The van der Waals surface area contributed by atoms with E-state index in [-0.39, 0.29) is 24.0 Å². The molecule has 2 rings (SSSR count). The molecule has 0 aromatic rings. The first-order chi connectivity index (χ1) is 6.52. The predicted molar refractivity (Wildman–Crippen MR) is 52.9 cm³/mol. The van der Waals surface area contributed by atoms with Crippen molar-refractivity contribution >= 4 is 6.09 Å². The number of alkyl carbamates (subject to hydrolysis) is 1. The predicted octanol–water partition coefficient (Wildman–Crippen LogP) is -2.27. The Kier molecular flexibility index (Phi) is 3.51. The van der Waals surface area contributed by atoms with Crippen LogP contribution in [0.2, 0.25) is 0 Å². The number of likely N-dealkylation sites (N-methyl/N-ethyl adjacent to an activating group) is 1. The Hall–Kier alpha value is -0.480. The van der Waals surface area contributed by atoms with Gasteiger partial charge in [-0.15, -0.1) is 0 Å². The lowest BCUT2D eigenvalue weighted by Crippen LogP contribution is -3.00. The minimum Gasteiger partial charge on any atom is -1.00 e. The molecule has 0 bridgehead atoms. The number of halogens is 1. The molecule has 0 aromatic carbocycles. The summed E-state index contributed by atoms with van der Waals surface area (Å²) >= 11 is 0. The van der Waals surface area contributed by atoms with Crippen LogP contribution in [0, 0.1) is 0 Å². The van der Waals surface area contributed by atoms with Crippen LogP contribution in [0.3, 0.4) is 0 Å². The summed E-state index contributed by atoms with van der Waals surface area (Å²) in [6.07, 6.45) is 2.35. The van der Waals surface area contributed by atoms with E-state index in [1.807, 2.05) is 0 Å². The number of rotatable bonds is 2. The molecular formula is C10H19ClN2O2. The Morgan fingerprint density at radius 1 is 1.47 bits per heavy atom. The largest absolute Gasteiger partial charge is 1.00 e. The maximum Gasteiger partial charge on any atom is 0.407 e. The van der Waals surface area contributed by atoms with Crippen molar-refractivity contribution in [3.05, 3.63) is 0 Å². The first kappa shape index (κ1) is 12.6. The maximum absolute atomic E-state index is 11.0. The van der Waals surface area contributed by atoms with Gasteiger partial charge in [-0.1, -0.05) is 0 Å². The van der Waals surface area contributed by atoms with Crippen molar-refractivity contribution < 1.29 is 26.4 Å². The molecule has 1 unspecified atom stereocenters. The number of carbonyl (C=O) groups is 1. The smallest absolute Gasteiger partial charge is 0.407 e. The van der Waals surface area contributed by atoms with E-state index in [9.17, 15) is 4.79 Å². The van der Waals surface area contributed by atoms with Crippen LogP contribution in [0.15, 0.2) is 0 Å². The number of hydrogen-bond donors (Lipinski definition) is 1. The van der Waals surface area contributed by atoms with Gasteiger partial charge in [-0.3, -0.25) is 0 Å². The molecule has 1 N–H and O–H groups in total. The molecule has 2 saturated heterocycles. The summed E-state index contributed by atoms with van der Waals surface area (Å²) in [6.45, 7) is 6.02. The summed E-state index contributed by atoms with van der Waals surface area (Å²) in [5.74, 6) is 0. The number of ether oxygens (including phenoxy) is 1. The number of quaternary nitrogens is 1.